The summed E-state index contributed by atoms with van der Waals surface area (Å²) < 4.78 is 12.5. The Hall–Kier alpha value is -1.02. The van der Waals surface area contributed by atoms with E-state index in [1.807, 2.05) is 12.1 Å². The number of terminal acetylenes is 1. The lowest BCUT2D eigenvalue weighted by atomic mass is 9.95. The molecule has 106 valence electrons. The molecule has 1 N–H and O–H groups in total. The summed E-state index contributed by atoms with van der Waals surface area (Å²) in [6.45, 7) is 1.07. The highest BCUT2D eigenvalue weighted by Crippen LogP contribution is 2.34. The van der Waals surface area contributed by atoms with E-state index in [4.69, 9.17) is 15.9 Å². The topological polar surface area (TPSA) is 30.5 Å². The van der Waals surface area contributed by atoms with Crippen molar-refractivity contribution in [1.82, 2.24) is 5.32 Å². The van der Waals surface area contributed by atoms with E-state index in [0.717, 1.165) is 28.8 Å². The molecular formula is C16H18BrNO2. The van der Waals surface area contributed by atoms with Crippen LogP contribution >= 0.6 is 15.9 Å². The lowest BCUT2D eigenvalue weighted by Gasteiger charge is -2.21. The predicted molar refractivity (Wildman–Crippen MR) is 81.6 cm³/mol. The van der Waals surface area contributed by atoms with E-state index in [9.17, 15) is 0 Å². The third-order valence-corrected chi connectivity index (χ3v) is 4.49. The molecule has 0 saturated carbocycles. The monoisotopic (exact) mass is 335 g/mol. The summed E-state index contributed by atoms with van der Waals surface area (Å²) in [4.78, 5) is 0. The highest BCUT2D eigenvalue weighted by molar-refractivity contribution is 9.10. The molecule has 3 unspecified atom stereocenters. The molecule has 2 fully saturated rings. The second kappa shape index (κ2) is 6.17. The van der Waals surface area contributed by atoms with Crippen molar-refractivity contribution in [2.45, 2.75) is 44.1 Å². The van der Waals surface area contributed by atoms with Crippen molar-refractivity contribution < 1.29 is 9.47 Å². The van der Waals surface area contributed by atoms with Crippen molar-refractivity contribution in [3.63, 3.8) is 0 Å². The molecule has 2 aliphatic rings. The van der Waals surface area contributed by atoms with Crippen LogP contribution < -0.4 is 10.1 Å². The van der Waals surface area contributed by atoms with Gasteiger partial charge in [0.15, 0.2) is 0 Å². The third kappa shape index (κ3) is 3.01. The molecule has 3 atom stereocenters. The molecular weight excluding hydrogens is 318 g/mol. The number of hydrogen-bond acceptors (Lipinski definition) is 3. The van der Waals surface area contributed by atoms with Crippen molar-refractivity contribution in [2.75, 3.05) is 6.61 Å². The van der Waals surface area contributed by atoms with Crippen LogP contribution in [0.25, 0.3) is 0 Å². The lowest BCUT2D eigenvalue weighted by molar-refractivity contribution is 0.0972. The molecule has 3 rings (SSSR count). The Morgan fingerprint density at radius 2 is 2.35 bits per heavy atom. The molecule has 2 heterocycles. The first-order chi connectivity index (χ1) is 9.76. The molecule has 2 aliphatic heterocycles. The Labute approximate surface area is 128 Å². The zero-order valence-electron chi connectivity index (χ0n) is 11.3. The number of hydrogen-bond donors (Lipinski definition) is 1. The number of nitrogens with one attached hydrogen (secondary N) is 1. The van der Waals surface area contributed by atoms with Crippen molar-refractivity contribution in [3.8, 4) is 18.1 Å². The molecule has 0 radical (unpaired) electrons. The average Bonchev–Trinajstić information content (AvgIpc) is 3.06. The highest BCUT2D eigenvalue weighted by atomic mass is 79.9. The van der Waals surface area contributed by atoms with E-state index in [1.54, 1.807) is 0 Å². The SMILES string of the molecule is C#CCOc1ccc(Br)cc1CNC1CC2CCC1O2. The molecule has 0 spiro atoms. The smallest absolute Gasteiger partial charge is 0.148 e. The van der Waals surface area contributed by atoms with Crippen molar-refractivity contribution in [2.24, 2.45) is 0 Å². The van der Waals surface area contributed by atoms with E-state index < -0.39 is 0 Å². The second-order valence-corrected chi connectivity index (χ2v) is 6.26. The fourth-order valence-corrected chi connectivity index (χ4v) is 3.45. The standard InChI is InChI=1S/C16H18BrNO2/c1-2-7-19-15-5-3-12(17)8-11(15)10-18-14-9-13-4-6-16(14)20-13/h1,3,5,8,13-14,16,18H,4,6-7,9-10H2. The maximum atomic E-state index is 5.86. The van der Waals surface area contributed by atoms with Crippen LogP contribution in [-0.4, -0.2) is 24.9 Å². The fourth-order valence-electron chi connectivity index (χ4n) is 3.04. The molecule has 1 aromatic carbocycles. The van der Waals surface area contributed by atoms with Crippen molar-refractivity contribution in [3.05, 3.63) is 28.2 Å². The largest absolute Gasteiger partial charge is 0.481 e. The summed E-state index contributed by atoms with van der Waals surface area (Å²) in [6.07, 6.45) is 9.64. The number of rotatable bonds is 5. The van der Waals surface area contributed by atoms with E-state index in [-0.39, 0.29) is 0 Å². The average molecular weight is 336 g/mol. The number of benzene rings is 1. The fraction of sp³-hybridized carbons (Fsp3) is 0.500. The molecule has 0 aromatic heterocycles. The third-order valence-electron chi connectivity index (χ3n) is 3.99. The summed E-state index contributed by atoms with van der Waals surface area (Å²) in [5.74, 6) is 3.35. The van der Waals surface area contributed by atoms with Crippen LogP contribution in [0.15, 0.2) is 22.7 Å². The van der Waals surface area contributed by atoms with Gasteiger partial charge in [-0.25, -0.2) is 0 Å². The molecule has 1 aromatic rings. The molecule has 20 heavy (non-hydrogen) atoms. The Balaban J connectivity index is 1.64. The Morgan fingerprint density at radius 3 is 3.05 bits per heavy atom. The van der Waals surface area contributed by atoms with Crippen molar-refractivity contribution >= 4 is 15.9 Å². The van der Waals surface area contributed by atoms with Crippen LogP contribution in [0.4, 0.5) is 0 Å². The van der Waals surface area contributed by atoms with E-state index in [0.29, 0.717) is 24.9 Å². The second-order valence-electron chi connectivity index (χ2n) is 5.34. The zero-order valence-corrected chi connectivity index (χ0v) is 12.9. The van der Waals surface area contributed by atoms with Gasteiger partial charge < -0.3 is 14.8 Å². The van der Waals surface area contributed by atoms with Gasteiger partial charge in [0.25, 0.3) is 0 Å². The summed E-state index contributed by atoms with van der Waals surface area (Å²) >= 11 is 3.50. The summed E-state index contributed by atoms with van der Waals surface area (Å²) in [5, 5.41) is 3.60. The van der Waals surface area contributed by atoms with E-state index in [2.05, 4.69) is 33.2 Å². The van der Waals surface area contributed by atoms with Gasteiger partial charge in [0.2, 0.25) is 0 Å². The summed E-state index contributed by atoms with van der Waals surface area (Å²) in [6, 6.07) is 6.46. The maximum absolute atomic E-state index is 5.86. The predicted octanol–water partition coefficient (Wildman–Crippen LogP) is 2.87. The van der Waals surface area contributed by atoms with Gasteiger partial charge >= 0.3 is 0 Å². The minimum atomic E-state index is 0.297. The lowest BCUT2D eigenvalue weighted by Crippen LogP contribution is -2.37. The van der Waals surface area contributed by atoms with Gasteiger partial charge in [-0.05, 0) is 37.5 Å². The molecule has 2 bridgehead atoms. The van der Waals surface area contributed by atoms with E-state index in [1.165, 1.54) is 12.8 Å². The quantitative estimate of drug-likeness (QED) is 0.839. The molecule has 3 nitrogen and oxygen atoms in total. The summed E-state index contributed by atoms with van der Waals surface area (Å²) in [7, 11) is 0. The maximum Gasteiger partial charge on any atom is 0.148 e. The molecule has 0 aliphatic carbocycles. The van der Waals surface area contributed by atoms with E-state index >= 15 is 0 Å². The summed E-state index contributed by atoms with van der Waals surface area (Å²) in [5.41, 5.74) is 1.12. The number of ether oxygens (including phenoxy) is 2. The van der Waals surface area contributed by atoms with Crippen LogP contribution in [0.3, 0.4) is 0 Å². The zero-order chi connectivity index (χ0) is 13.9. The van der Waals surface area contributed by atoms with Crippen LogP contribution in [0.1, 0.15) is 24.8 Å². The van der Waals surface area contributed by atoms with Gasteiger partial charge in [-0.3, -0.25) is 0 Å². The van der Waals surface area contributed by atoms with Gasteiger partial charge in [-0.15, -0.1) is 6.42 Å². The minimum absolute atomic E-state index is 0.297. The van der Waals surface area contributed by atoms with Crippen LogP contribution in [0.5, 0.6) is 5.75 Å². The van der Waals surface area contributed by atoms with Gasteiger partial charge in [0.05, 0.1) is 12.2 Å². The Morgan fingerprint density at radius 1 is 1.45 bits per heavy atom. The van der Waals surface area contributed by atoms with Crippen molar-refractivity contribution in [1.29, 1.82) is 0 Å². The van der Waals surface area contributed by atoms with Gasteiger partial charge in [0.1, 0.15) is 12.4 Å². The number of fused-ring (bicyclic) bond motifs is 2. The minimum Gasteiger partial charge on any atom is -0.481 e. The first kappa shape index (κ1) is 13.9. The molecule has 2 saturated heterocycles. The number of halogens is 1. The Kier molecular flexibility index (Phi) is 4.30. The normalized spacial score (nSPS) is 27.5. The molecule has 4 heteroatoms. The first-order valence-electron chi connectivity index (χ1n) is 7.00. The molecule has 0 amide bonds. The Bertz CT molecular complexity index is 526. The van der Waals surface area contributed by atoms with Crippen LogP contribution in [-0.2, 0) is 11.3 Å². The van der Waals surface area contributed by atoms with Crippen LogP contribution in [0.2, 0.25) is 0 Å². The van der Waals surface area contributed by atoms with Crippen LogP contribution in [0, 0.1) is 12.3 Å². The van der Waals surface area contributed by atoms with Gasteiger partial charge in [0, 0.05) is 22.6 Å². The first-order valence-corrected chi connectivity index (χ1v) is 7.79. The van der Waals surface area contributed by atoms with Gasteiger partial charge in [-0.1, -0.05) is 21.9 Å². The highest BCUT2D eigenvalue weighted by Gasteiger charge is 2.40. The van der Waals surface area contributed by atoms with Gasteiger partial charge in [-0.2, -0.15) is 0 Å².